The Morgan fingerprint density at radius 2 is 2.10 bits per heavy atom. The highest BCUT2D eigenvalue weighted by atomic mass is 79.9. The molecule has 112 valence electrons. The van der Waals surface area contributed by atoms with Gasteiger partial charge in [0.05, 0.1) is 23.6 Å². The van der Waals surface area contributed by atoms with Crippen LogP contribution in [0.2, 0.25) is 0 Å². The molecule has 0 saturated carbocycles. The molecule has 0 bridgehead atoms. The van der Waals surface area contributed by atoms with Crippen LogP contribution in [0.3, 0.4) is 0 Å². The minimum atomic E-state index is -0.123. The summed E-state index contributed by atoms with van der Waals surface area (Å²) >= 11 is 3.37. The molecule has 1 atom stereocenters. The highest BCUT2D eigenvalue weighted by Gasteiger charge is 2.13. The van der Waals surface area contributed by atoms with Crippen LogP contribution in [0, 0.1) is 5.92 Å². The molecule has 21 heavy (non-hydrogen) atoms. The van der Waals surface area contributed by atoms with E-state index in [1.54, 1.807) is 12.4 Å². The van der Waals surface area contributed by atoms with Gasteiger partial charge < -0.3 is 5.32 Å². The summed E-state index contributed by atoms with van der Waals surface area (Å²) in [4.78, 5) is 16.5. The van der Waals surface area contributed by atoms with Crippen LogP contribution in [-0.4, -0.2) is 14.8 Å². The number of anilines is 1. The van der Waals surface area contributed by atoms with E-state index in [1.165, 1.54) is 4.68 Å². The Bertz CT molecular complexity index is 654. The van der Waals surface area contributed by atoms with Gasteiger partial charge in [0.1, 0.15) is 4.47 Å². The molecule has 2 aromatic heterocycles. The molecule has 2 heterocycles. The van der Waals surface area contributed by atoms with Crippen LogP contribution in [0.5, 0.6) is 0 Å². The third-order valence-corrected chi connectivity index (χ3v) is 3.79. The first-order valence-corrected chi connectivity index (χ1v) is 7.71. The maximum Gasteiger partial charge on any atom is 0.283 e. The Morgan fingerprint density at radius 1 is 1.33 bits per heavy atom. The lowest BCUT2D eigenvalue weighted by Gasteiger charge is -2.16. The lowest BCUT2D eigenvalue weighted by molar-refractivity contribution is 0.462. The number of halogens is 1. The van der Waals surface area contributed by atoms with E-state index in [4.69, 9.17) is 0 Å². The van der Waals surface area contributed by atoms with Crippen molar-refractivity contribution in [2.24, 2.45) is 5.92 Å². The van der Waals surface area contributed by atoms with Crippen LogP contribution in [0.4, 0.5) is 5.69 Å². The molecule has 0 aliphatic carbocycles. The Hall–Kier alpha value is -1.69. The molecule has 0 fully saturated rings. The Balaban J connectivity index is 2.22. The van der Waals surface area contributed by atoms with Crippen LogP contribution < -0.4 is 10.9 Å². The molecule has 2 aromatic rings. The summed E-state index contributed by atoms with van der Waals surface area (Å²) in [6.07, 6.45) is 3.43. The third kappa shape index (κ3) is 3.91. The van der Waals surface area contributed by atoms with E-state index >= 15 is 0 Å². The second-order valence-electron chi connectivity index (χ2n) is 5.37. The molecular weight excluding hydrogens is 332 g/mol. The fraction of sp³-hybridized carbons (Fsp3) is 0.400. The van der Waals surface area contributed by atoms with Crippen molar-refractivity contribution < 1.29 is 0 Å². The van der Waals surface area contributed by atoms with Gasteiger partial charge in [-0.2, -0.15) is 5.10 Å². The minimum Gasteiger partial charge on any atom is -0.375 e. The van der Waals surface area contributed by atoms with Gasteiger partial charge in [-0.05, 0) is 40.9 Å². The van der Waals surface area contributed by atoms with Gasteiger partial charge in [-0.15, -0.1) is 0 Å². The first kappa shape index (κ1) is 15.7. The number of nitrogens with zero attached hydrogens (tertiary/aromatic N) is 3. The van der Waals surface area contributed by atoms with Gasteiger partial charge in [-0.1, -0.05) is 19.9 Å². The molecule has 0 radical (unpaired) electrons. The zero-order valence-corrected chi connectivity index (χ0v) is 14.0. The van der Waals surface area contributed by atoms with Crippen molar-refractivity contribution in [3.05, 3.63) is 51.1 Å². The minimum absolute atomic E-state index is 0.00958. The maximum atomic E-state index is 12.2. The number of aromatic nitrogens is 3. The summed E-state index contributed by atoms with van der Waals surface area (Å²) in [6, 6.07) is 5.75. The maximum absolute atomic E-state index is 12.2. The van der Waals surface area contributed by atoms with E-state index in [0.717, 1.165) is 5.69 Å². The first-order chi connectivity index (χ1) is 9.99. The molecule has 6 heteroatoms. The highest BCUT2D eigenvalue weighted by molar-refractivity contribution is 9.10. The van der Waals surface area contributed by atoms with Crippen molar-refractivity contribution in [2.45, 2.75) is 33.4 Å². The summed E-state index contributed by atoms with van der Waals surface area (Å²) in [6.45, 7) is 6.70. The number of nitrogens with one attached hydrogen (secondary N) is 1. The van der Waals surface area contributed by atoms with E-state index in [0.29, 0.717) is 22.6 Å². The third-order valence-electron chi connectivity index (χ3n) is 3.03. The molecule has 2 rings (SSSR count). The second kappa shape index (κ2) is 6.85. The topological polar surface area (TPSA) is 59.8 Å². The standard InChI is InChI=1S/C15H19BrN4O/c1-10(2)9-20-15(21)14(16)13(8-18-20)19-11(3)12-6-4-5-7-17-12/h4-8,10-11,19H,9H2,1-3H3. The van der Waals surface area contributed by atoms with Gasteiger partial charge in [-0.25, -0.2) is 4.68 Å². The summed E-state index contributed by atoms with van der Waals surface area (Å²) in [7, 11) is 0. The number of hydrogen-bond acceptors (Lipinski definition) is 4. The van der Waals surface area contributed by atoms with E-state index < -0.39 is 0 Å². The molecule has 1 N–H and O–H groups in total. The number of hydrogen-bond donors (Lipinski definition) is 1. The molecule has 0 saturated heterocycles. The monoisotopic (exact) mass is 350 g/mol. The normalized spacial score (nSPS) is 12.4. The van der Waals surface area contributed by atoms with Gasteiger partial charge in [0, 0.05) is 12.7 Å². The predicted molar refractivity (Wildman–Crippen MR) is 87.3 cm³/mol. The predicted octanol–water partition coefficient (Wildman–Crippen LogP) is 3.23. The van der Waals surface area contributed by atoms with Crippen molar-refractivity contribution in [3.8, 4) is 0 Å². The van der Waals surface area contributed by atoms with Crippen molar-refractivity contribution in [1.82, 2.24) is 14.8 Å². The average Bonchev–Trinajstić information content (AvgIpc) is 2.47. The second-order valence-corrected chi connectivity index (χ2v) is 6.17. The zero-order chi connectivity index (χ0) is 15.4. The number of rotatable bonds is 5. The Morgan fingerprint density at radius 3 is 2.71 bits per heavy atom. The quantitative estimate of drug-likeness (QED) is 0.899. The fourth-order valence-corrected chi connectivity index (χ4v) is 2.40. The summed E-state index contributed by atoms with van der Waals surface area (Å²) in [5, 5.41) is 7.48. The number of pyridine rings is 1. The summed E-state index contributed by atoms with van der Waals surface area (Å²) in [5.41, 5.74) is 1.47. The summed E-state index contributed by atoms with van der Waals surface area (Å²) < 4.78 is 1.98. The van der Waals surface area contributed by atoms with Crippen LogP contribution in [0.25, 0.3) is 0 Å². The SMILES string of the molecule is CC(C)Cn1ncc(NC(C)c2ccccn2)c(Br)c1=O. The van der Waals surface area contributed by atoms with Crippen molar-refractivity contribution >= 4 is 21.6 Å². The van der Waals surface area contributed by atoms with E-state index in [9.17, 15) is 4.79 Å². The molecule has 0 aromatic carbocycles. The molecule has 5 nitrogen and oxygen atoms in total. The molecular formula is C15H19BrN4O. The Kier molecular flexibility index (Phi) is 5.12. The largest absolute Gasteiger partial charge is 0.375 e. The van der Waals surface area contributed by atoms with Crippen molar-refractivity contribution in [3.63, 3.8) is 0 Å². The van der Waals surface area contributed by atoms with E-state index in [-0.39, 0.29) is 11.6 Å². The Labute approximate surface area is 132 Å². The van der Waals surface area contributed by atoms with Crippen LogP contribution in [0.15, 0.2) is 39.9 Å². The van der Waals surface area contributed by atoms with Crippen LogP contribution >= 0.6 is 15.9 Å². The first-order valence-electron chi connectivity index (χ1n) is 6.92. The highest BCUT2D eigenvalue weighted by Crippen LogP contribution is 2.22. The zero-order valence-electron chi connectivity index (χ0n) is 12.4. The van der Waals surface area contributed by atoms with Gasteiger partial charge in [0.2, 0.25) is 0 Å². The smallest absolute Gasteiger partial charge is 0.283 e. The van der Waals surface area contributed by atoms with Crippen LogP contribution in [0.1, 0.15) is 32.5 Å². The van der Waals surface area contributed by atoms with Gasteiger partial charge >= 0.3 is 0 Å². The summed E-state index contributed by atoms with van der Waals surface area (Å²) in [5.74, 6) is 0.369. The van der Waals surface area contributed by atoms with Gasteiger partial charge in [0.25, 0.3) is 5.56 Å². The molecule has 1 unspecified atom stereocenters. The lowest BCUT2D eigenvalue weighted by atomic mass is 10.2. The van der Waals surface area contributed by atoms with E-state index in [2.05, 4.69) is 45.2 Å². The van der Waals surface area contributed by atoms with E-state index in [1.807, 2.05) is 25.1 Å². The molecule has 0 aliphatic rings. The van der Waals surface area contributed by atoms with Crippen molar-refractivity contribution in [1.29, 1.82) is 0 Å². The van der Waals surface area contributed by atoms with Crippen molar-refractivity contribution in [2.75, 3.05) is 5.32 Å². The molecule has 0 amide bonds. The molecule has 0 spiro atoms. The average molecular weight is 351 g/mol. The van der Waals surface area contributed by atoms with Crippen LogP contribution in [-0.2, 0) is 6.54 Å². The van der Waals surface area contributed by atoms with Gasteiger partial charge in [0.15, 0.2) is 0 Å². The lowest BCUT2D eigenvalue weighted by Crippen LogP contribution is -2.26. The fourth-order valence-electron chi connectivity index (χ4n) is 1.98. The van der Waals surface area contributed by atoms with Gasteiger partial charge in [-0.3, -0.25) is 9.78 Å². The molecule has 0 aliphatic heterocycles.